The number of carbonyl (C=O) groups is 1. The molecule has 7 heteroatoms. The zero-order valence-electron chi connectivity index (χ0n) is 15.7. The molecule has 2 aliphatic rings. The number of hydrogen-bond acceptors (Lipinski definition) is 5. The molecular weight excluding hydrogens is 396 g/mol. The van der Waals surface area contributed by atoms with Crippen molar-refractivity contribution in [2.75, 3.05) is 36.5 Å². The van der Waals surface area contributed by atoms with Gasteiger partial charge >= 0.3 is 0 Å². The summed E-state index contributed by atoms with van der Waals surface area (Å²) in [6.45, 7) is 4.28. The Kier molecular flexibility index (Phi) is 5.87. The first-order valence-electron chi connectivity index (χ1n) is 9.51. The lowest BCUT2D eigenvalue weighted by Gasteiger charge is -2.23. The smallest absolute Gasteiger partial charge is 0.246 e. The van der Waals surface area contributed by atoms with Crippen molar-refractivity contribution in [3.63, 3.8) is 0 Å². The highest BCUT2D eigenvalue weighted by atomic mass is 35.5. The third-order valence-corrected chi connectivity index (χ3v) is 6.36. The Bertz CT molecular complexity index is 877. The van der Waals surface area contributed by atoms with Crippen LogP contribution < -0.4 is 19.7 Å². The van der Waals surface area contributed by atoms with Gasteiger partial charge in [0.05, 0.1) is 36.2 Å². The molecule has 2 aromatic carbocycles. The fourth-order valence-electron chi connectivity index (χ4n) is 3.33. The molecule has 28 heavy (non-hydrogen) atoms. The molecule has 1 atom stereocenters. The highest BCUT2D eigenvalue weighted by Gasteiger charge is 2.24. The zero-order chi connectivity index (χ0) is 19.5. The van der Waals surface area contributed by atoms with Crippen molar-refractivity contribution in [1.29, 1.82) is 0 Å². The zero-order valence-corrected chi connectivity index (χ0v) is 17.3. The molecule has 1 N–H and O–H groups in total. The highest BCUT2D eigenvalue weighted by molar-refractivity contribution is 8.00. The maximum atomic E-state index is 13.0. The van der Waals surface area contributed by atoms with Crippen LogP contribution in [0.5, 0.6) is 11.5 Å². The standard InChI is InChI=1S/C21H23ClN2O3S/c1-14-7-8-24(17-5-2-3-6-20(17)28-14)21(25)13-23-16-12-19-18(11-15(16)22)26-9-4-10-27-19/h2-3,5-6,11-12,14,23H,4,7-10,13H2,1H3. The van der Waals surface area contributed by atoms with Gasteiger partial charge in [0.25, 0.3) is 0 Å². The Balaban J connectivity index is 1.50. The summed E-state index contributed by atoms with van der Waals surface area (Å²) in [5, 5.41) is 4.16. The molecule has 0 aromatic heterocycles. The third kappa shape index (κ3) is 4.18. The number of anilines is 2. The number of carbonyl (C=O) groups excluding carboxylic acids is 1. The molecule has 1 amide bonds. The number of nitrogens with zero attached hydrogens (tertiary/aromatic N) is 1. The summed E-state index contributed by atoms with van der Waals surface area (Å²) in [5.41, 5.74) is 1.65. The topological polar surface area (TPSA) is 50.8 Å². The van der Waals surface area contributed by atoms with Gasteiger partial charge < -0.3 is 19.7 Å². The number of hydrogen-bond donors (Lipinski definition) is 1. The van der Waals surface area contributed by atoms with Gasteiger partial charge in [-0.15, -0.1) is 11.8 Å². The number of amides is 1. The fourth-order valence-corrected chi connectivity index (χ4v) is 4.66. The van der Waals surface area contributed by atoms with Crippen LogP contribution in [0.15, 0.2) is 41.3 Å². The molecule has 0 bridgehead atoms. The number of ether oxygens (including phenoxy) is 2. The molecule has 0 saturated heterocycles. The van der Waals surface area contributed by atoms with Crippen LogP contribution in [0.3, 0.4) is 0 Å². The first kappa shape index (κ1) is 19.3. The lowest BCUT2D eigenvalue weighted by Crippen LogP contribution is -2.36. The lowest BCUT2D eigenvalue weighted by atomic mass is 10.2. The average Bonchev–Trinajstić information content (AvgIpc) is 3.01. The Morgan fingerprint density at radius 2 is 2.00 bits per heavy atom. The second kappa shape index (κ2) is 8.53. The van der Waals surface area contributed by atoms with Gasteiger partial charge in [-0.3, -0.25) is 4.79 Å². The Morgan fingerprint density at radius 3 is 2.82 bits per heavy atom. The van der Waals surface area contributed by atoms with Gasteiger partial charge in [-0.1, -0.05) is 30.7 Å². The summed E-state index contributed by atoms with van der Waals surface area (Å²) >= 11 is 8.21. The molecule has 0 aliphatic carbocycles. The van der Waals surface area contributed by atoms with E-state index >= 15 is 0 Å². The van der Waals surface area contributed by atoms with Gasteiger partial charge in [0.1, 0.15) is 0 Å². The van der Waals surface area contributed by atoms with Crippen LogP contribution in [0.1, 0.15) is 19.8 Å². The van der Waals surface area contributed by atoms with E-state index in [0.29, 0.717) is 47.2 Å². The van der Waals surface area contributed by atoms with E-state index in [9.17, 15) is 4.79 Å². The second-order valence-corrected chi connectivity index (χ2v) is 8.80. The van der Waals surface area contributed by atoms with Gasteiger partial charge in [-0.25, -0.2) is 0 Å². The number of benzene rings is 2. The summed E-state index contributed by atoms with van der Waals surface area (Å²) in [5.74, 6) is 1.32. The van der Waals surface area contributed by atoms with E-state index in [1.165, 1.54) is 0 Å². The maximum absolute atomic E-state index is 13.0. The first-order valence-corrected chi connectivity index (χ1v) is 10.8. The molecular formula is C21H23ClN2O3S. The molecule has 4 rings (SSSR count). The van der Waals surface area contributed by atoms with Gasteiger partial charge in [-0.05, 0) is 18.6 Å². The maximum Gasteiger partial charge on any atom is 0.246 e. The highest BCUT2D eigenvalue weighted by Crippen LogP contribution is 2.39. The molecule has 2 heterocycles. The second-order valence-electron chi connectivity index (χ2n) is 6.91. The average molecular weight is 419 g/mol. The molecule has 0 fully saturated rings. The van der Waals surface area contributed by atoms with Crippen molar-refractivity contribution in [2.45, 2.75) is 29.9 Å². The normalized spacial score (nSPS) is 18.6. The summed E-state index contributed by atoms with van der Waals surface area (Å²) in [6.07, 6.45) is 1.79. The monoisotopic (exact) mass is 418 g/mol. The Hall–Kier alpha value is -2.05. The van der Waals surface area contributed by atoms with Gasteiger partial charge in [0.15, 0.2) is 11.5 Å². The van der Waals surface area contributed by atoms with Crippen LogP contribution >= 0.6 is 23.4 Å². The largest absolute Gasteiger partial charge is 0.490 e. The van der Waals surface area contributed by atoms with Crippen molar-refractivity contribution in [3.8, 4) is 11.5 Å². The lowest BCUT2D eigenvalue weighted by molar-refractivity contribution is -0.117. The van der Waals surface area contributed by atoms with Crippen molar-refractivity contribution < 1.29 is 14.3 Å². The Labute approximate surface area is 174 Å². The Morgan fingerprint density at radius 1 is 1.25 bits per heavy atom. The minimum absolute atomic E-state index is 0.0188. The molecule has 0 radical (unpaired) electrons. The van der Waals surface area contributed by atoms with E-state index < -0.39 is 0 Å². The SMILES string of the molecule is CC1CCN(C(=O)CNc2cc3c(cc2Cl)OCCCO3)c2ccccc2S1. The van der Waals surface area contributed by atoms with E-state index in [1.54, 1.807) is 6.07 Å². The summed E-state index contributed by atoms with van der Waals surface area (Å²) < 4.78 is 11.4. The van der Waals surface area contributed by atoms with E-state index in [1.807, 2.05) is 40.9 Å². The number of thioether (sulfide) groups is 1. The van der Waals surface area contributed by atoms with E-state index in [0.717, 1.165) is 23.4 Å². The van der Waals surface area contributed by atoms with E-state index in [4.69, 9.17) is 21.1 Å². The minimum atomic E-state index is 0.0188. The summed E-state index contributed by atoms with van der Waals surface area (Å²) in [4.78, 5) is 16.0. The molecule has 0 saturated carbocycles. The van der Waals surface area contributed by atoms with Crippen LogP contribution in [-0.4, -0.2) is 37.5 Å². The predicted molar refractivity (Wildman–Crippen MR) is 114 cm³/mol. The van der Waals surface area contributed by atoms with E-state index in [-0.39, 0.29) is 12.5 Å². The number of para-hydroxylation sites is 1. The minimum Gasteiger partial charge on any atom is -0.490 e. The van der Waals surface area contributed by atoms with Gasteiger partial charge in [-0.2, -0.15) is 0 Å². The molecule has 148 valence electrons. The van der Waals surface area contributed by atoms with Gasteiger partial charge in [0, 0.05) is 35.2 Å². The molecule has 1 unspecified atom stereocenters. The summed E-state index contributed by atoms with van der Waals surface area (Å²) in [6, 6.07) is 11.6. The summed E-state index contributed by atoms with van der Waals surface area (Å²) in [7, 11) is 0. The van der Waals surface area contributed by atoms with Gasteiger partial charge in [0.2, 0.25) is 5.91 Å². The fraction of sp³-hybridized carbons (Fsp3) is 0.381. The molecule has 2 aliphatic heterocycles. The van der Waals surface area contributed by atoms with Crippen LogP contribution in [0, 0.1) is 0 Å². The van der Waals surface area contributed by atoms with Crippen molar-refractivity contribution in [2.24, 2.45) is 0 Å². The molecule has 5 nitrogen and oxygen atoms in total. The van der Waals surface area contributed by atoms with Crippen LogP contribution in [0.4, 0.5) is 11.4 Å². The first-order chi connectivity index (χ1) is 13.6. The van der Waals surface area contributed by atoms with Crippen molar-refractivity contribution >= 4 is 40.6 Å². The molecule has 0 spiro atoms. The van der Waals surface area contributed by atoms with Crippen LogP contribution in [-0.2, 0) is 4.79 Å². The van der Waals surface area contributed by atoms with Crippen LogP contribution in [0.25, 0.3) is 0 Å². The molecule has 2 aromatic rings. The predicted octanol–water partition coefficient (Wildman–Crippen LogP) is 4.83. The van der Waals surface area contributed by atoms with Crippen LogP contribution in [0.2, 0.25) is 5.02 Å². The number of nitrogens with one attached hydrogen (secondary N) is 1. The van der Waals surface area contributed by atoms with Crippen molar-refractivity contribution in [3.05, 3.63) is 41.4 Å². The third-order valence-electron chi connectivity index (χ3n) is 4.81. The van der Waals surface area contributed by atoms with E-state index in [2.05, 4.69) is 18.3 Å². The quantitative estimate of drug-likeness (QED) is 0.773. The number of halogens is 1. The number of rotatable bonds is 3. The number of fused-ring (bicyclic) bond motifs is 2. The van der Waals surface area contributed by atoms with Crippen molar-refractivity contribution in [1.82, 2.24) is 0 Å².